The maximum atomic E-state index is 12.6. The Labute approximate surface area is 175 Å². The van der Waals surface area contributed by atoms with Crippen molar-refractivity contribution in [2.24, 2.45) is 0 Å². The van der Waals surface area contributed by atoms with Crippen LogP contribution in [0.15, 0.2) is 67.0 Å². The lowest BCUT2D eigenvalue weighted by molar-refractivity contribution is 0.0940. The number of rotatable bonds is 6. The molecule has 2 aromatic carbocycles. The Morgan fingerprint density at radius 2 is 1.80 bits per heavy atom. The van der Waals surface area contributed by atoms with Crippen molar-refractivity contribution in [3.05, 3.63) is 89.8 Å². The molecule has 7 heteroatoms. The lowest BCUT2D eigenvalue weighted by atomic mass is 10.0. The van der Waals surface area contributed by atoms with Crippen LogP contribution >= 0.6 is 0 Å². The number of para-hydroxylation sites is 2. The predicted molar refractivity (Wildman–Crippen MR) is 115 cm³/mol. The molecule has 4 aromatic rings. The summed E-state index contributed by atoms with van der Waals surface area (Å²) < 4.78 is 3.51. The Bertz CT molecular complexity index is 1160. The van der Waals surface area contributed by atoms with Crippen LogP contribution in [0.25, 0.3) is 11.4 Å². The molecule has 0 spiro atoms. The number of hydrogen-bond acceptors (Lipinski definition) is 4. The molecule has 4 rings (SSSR count). The molecule has 0 saturated heterocycles. The first-order chi connectivity index (χ1) is 14.5. The second-order valence-corrected chi connectivity index (χ2v) is 7.42. The molecule has 152 valence electrons. The average Bonchev–Trinajstić information content (AvgIpc) is 3.39. The Hall–Kier alpha value is -3.74. The topological polar surface area (TPSA) is 77.6 Å². The van der Waals surface area contributed by atoms with E-state index in [9.17, 15) is 4.79 Å². The predicted octanol–water partition coefficient (Wildman–Crippen LogP) is 3.81. The number of nitrogens with zero attached hydrogens (tertiary/aromatic N) is 5. The van der Waals surface area contributed by atoms with Gasteiger partial charge in [0, 0.05) is 18.3 Å². The van der Waals surface area contributed by atoms with Crippen LogP contribution in [-0.2, 0) is 6.54 Å². The number of aryl methyl sites for hydroxylation is 1. The Balaban J connectivity index is 1.48. The summed E-state index contributed by atoms with van der Waals surface area (Å²) in [7, 11) is 0. The highest BCUT2D eigenvalue weighted by atomic mass is 16.2. The van der Waals surface area contributed by atoms with E-state index >= 15 is 0 Å². The standard InChI is InChI=1S/C23H24N6O/c1-16(2)20-11-7-8-12-21(20)29-17(3)26-22(27-29)23(30)24-13-18-14-25-28(15-18)19-9-5-4-6-10-19/h4-12,14-16H,13H2,1-3H3,(H,24,30). The number of carbonyl (C=O) groups excluding carboxylic acids is 1. The number of aromatic nitrogens is 5. The van der Waals surface area contributed by atoms with E-state index in [1.165, 1.54) is 0 Å². The highest BCUT2D eigenvalue weighted by Gasteiger charge is 2.17. The minimum atomic E-state index is -0.314. The average molecular weight is 400 g/mol. The normalized spacial score (nSPS) is 11.1. The molecule has 0 aliphatic carbocycles. The molecular weight excluding hydrogens is 376 g/mol. The van der Waals surface area contributed by atoms with E-state index in [1.54, 1.807) is 15.6 Å². The number of benzene rings is 2. The van der Waals surface area contributed by atoms with Gasteiger partial charge in [-0.25, -0.2) is 14.3 Å². The zero-order chi connectivity index (χ0) is 21.1. The second kappa shape index (κ2) is 8.32. The summed E-state index contributed by atoms with van der Waals surface area (Å²) in [5.74, 6) is 0.848. The molecule has 0 bridgehead atoms. The molecule has 7 nitrogen and oxygen atoms in total. The van der Waals surface area contributed by atoms with Crippen molar-refractivity contribution in [3.8, 4) is 11.4 Å². The molecule has 30 heavy (non-hydrogen) atoms. The van der Waals surface area contributed by atoms with E-state index in [-0.39, 0.29) is 11.7 Å². The summed E-state index contributed by atoms with van der Waals surface area (Å²) in [5, 5.41) is 11.7. The van der Waals surface area contributed by atoms with Gasteiger partial charge in [0.15, 0.2) is 0 Å². The number of nitrogens with one attached hydrogen (secondary N) is 1. The van der Waals surface area contributed by atoms with Crippen LogP contribution in [0.2, 0.25) is 0 Å². The van der Waals surface area contributed by atoms with Gasteiger partial charge in [-0.15, -0.1) is 5.10 Å². The first-order valence-electron chi connectivity index (χ1n) is 9.93. The third kappa shape index (κ3) is 4.00. The van der Waals surface area contributed by atoms with Gasteiger partial charge in [0.2, 0.25) is 5.82 Å². The summed E-state index contributed by atoms with van der Waals surface area (Å²) in [6.07, 6.45) is 3.63. The molecular formula is C23H24N6O. The summed E-state index contributed by atoms with van der Waals surface area (Å²) in [6.45, 7) is 6.47. The van der Waals surface area contributed by atoms with Gasteiger partial charge < -0.3 is 5.32 Å². The Kier molecular flexibility index (Phi) is 5.43. The van der Waals surface area contributed by atoms with Gasteiger partial charge in [0.1, 0.15) is 5.82 Å². The monoisotopic (exact) mass is 400 g/mol. The fourth-order valence-corrected chi connectivity index (χ4v) is 3.32. The molecule has 0 fully saturated rings. The van der Waals surface area contributed by atoms with Gasteiger partial charge in [0.05, 0.1) is 17.6 Å². The number of hydrogen-bond donors (Lipinski definition) is 1. The van der Waals surface area contributed by atoms with Crippen molar-refractivity contribution in [2.75, 3.05) is 0 Å². The van der Waals surface area contributed by atoms with E-state index in [4.69, 9.17) is 0 Å². The van der Waals surface area contributed by atoms with Crippen LogP contribution in [0.3, 0.4) is 0 Å². The third-order valence-corrected chi connectivity index (χ3v) is 4.87. The minimum absolute atomic E-state index is 0.154. The first kappa shape index (κ1) is 19.6. The summed E-state index contributed by atoms with van der Waals surface area (Å²) in [5.41, 5.74) is 3.97. The summed E-state index contributed by atoms with van der Waals surface area (Å²) in [4.78, 5) is 17.0. The van der Waals surface area contributed by atoms with Crippen molar-refractivity contribution in [1.82, 2.24) is 29.9 Å². The molecule has 2 heterocycles. The van der Waals surface area contributed by atoms with Gasteiger partial charge in [0.25, 0.3) is 5.91 Å². The van der Waals surface area contributed by atoms with E-state index < -0.39 is 0 Å². The SMILES string of the molecule is Cc1nc(C(=O)NCc2cnn(-c3ccccc3)c2)nn1-c1ccccc1C(C)C. The van der Waals surface area contributed by atoms with Gasteiger partial charge in [-0.05, 0) is 36.6 Å². The third-order valence-electron chi connectivity index (χ3n) is 4.87. The molecule has 0 aliphatic rings. The van der Waals surface area contributed by atoms with Crippen LogP contribution in [0, 0.1) is 6.92 Å². The molecule has 1 N–H and O–H groups in total. The van der Waals surface area contributed by atoms with Crippen LogP contribution in [0.4, 0.5) is 0 Å². The Morgan fingerprint density at radius 1 is 1.07 bits per heavy atom. The van der Waals surface area contributed by atoms with E-state index in [0.29, 0.717) is 18.3 Å². The van der Waals surface area contributed by atoms with Crippen molar-refractivity contribution < 1.29 is 4.79 Å². The molecule has 0 unspecified atom stereocenters. The largest absolute Gasteiger partial charge is 0.345 e. The van der Waals surface area contributed by atoms with Crippen molar-refractivity contribution in [2.45, 2.75) is 33.2 Å². The number of carbonyl (C=O) groups is 1. The maximum Gasteiger partial charge on any atom is 0.291 e. The highest BCUT2D eigenvalue weighted by Crippen LogP contribution is 2.23. The van der Waals surface area contributed by atoms with E-state index in [1.807, 2.05) is 61.7 Å². The molecule has 0 aliphatic heterocycles. The summed E-state index contributed by atoms with van der Waals surface area (Å²) in [6, 6.07) is 17.9. The fraction of sp³-hybridized carbons (Fsp3) is 0.217. The van der Waals surface area contributed by atoms with Gasteiger partial charge in [-0.2, -0.15) is 5.10 Å². The fourth-order valence-electron chi connectivity index (χ4n) is 3.32. The van der Waals surface area contributed by atoms with E-state index in [0.717, 1.165) is 22.5 Å². The van der Waals surface area contributed by atoms with Crippen LogP contribution in [-0.4, -0.2) is 30.5 Å². The van der Waals surface area contributed by atoms with Crippen LogP contribution in [0.5, 0.6) is 0 Å². The maximum absolute atomic E-state index is 12.6. The molecule has 0 saturated carbocycles. The summed E-state index contributed by atoms with van der Waals surface area (Å²) >= 11 is 0. The van der Waals surface area contributed by atoms with Crippen molar-refractivity contribution in [3.63, 3.8) is 0 Å². The quantitative estimate of drug-likeness (QED) is 0.534. The smallest absolute Gasteiger partial charge is 0.291 e. The Morgan fingerprint density at radius 3 is 2.57 bits per heavy atom. The molecule has 2 aromatic heterocycles. The molecule has 0 radical (unpaired) electrons. The lowest BCUT2D eigenvalue weighted by Crippen LogP contribution is -2.24. The second-order valence-electron chi connectivity index (χ2n) is 7.42. The first-order valence-corrected chi connectivity index (χ1v) is 9.93. The lowest BCUT2D eigenvalue weighted by Gasteiger charge is -2.12. The highest BCUT2D eigenvalue weighted by molar-refractivity contribution is 5.90. The zero-order valence-corrected chi connectivity index (χ0v) is 17.3. The van der Waals surface area contributed by atoms with E-state index in [2.05, 4.69) is 40.4 Å². The minimum Gasteiger partial charge on any atom is -0.345 e. The zero-order valence-electron chi connectivity index (χ0n) is 17.3. The van der Waals surface area contributed by atoms with Gasteiger partial charge >= 0.3 is 0 Å². The van der Waals surface area contributed by atoms with Crippen LogP contribution in [0.1, 0.15) is 47.3 Å². The number of amides is 1. The molecule has 1 amide bonds. The van der Waals surface area contributed by atoms with Crippen molar-refractivity contribution in [1.29, 1.82) is 0 Å². The van der Waals surface area contributed by atoms with Gasteiger partial charge in [-0.3, -0.25) is 4.79 Å². The van der Waals surface area contributed by atoms with Gasteiger partial charge in [-0.1, -0.05) is 50.2 Å². The molecule has 0 atom stereocenters. The van der Waals surface area contributed by atoms with Crippen molar-refractivity contribution >= 4 is 5.91 Å². The van der Waals surface area contributed by atoms with Crippen LogP contribution < -0.4 is 5.32 Å².